The van der Waals surface area contributed by atoms with Crippen molar-refractivity contribution in [3.05, 3.63) is 114 Å². The van der Waals surface area contributed by atoms with E-state index in [-0.39, 0.29) is 11.7 Å². The smallest absolute Gasteiger partial charge is 0.154 e. The summed E-state index contributed by atoms with van der Waals surface area (Å²) in [4.78, 5) is 18.5. The summed E-state index contributed by atoms with van der Waals surface area (Å²) >= 11 is 0. The van der Waals surface area contributed by atoms with Crippen molar-refractivity contribution in [2.75, 3.05) is 5.32 Å². The fourth-order valence-electron chi connectivity index (χ4n) is 4.75. The zero-order chi connectivity index (χ0) is 22.8. The Morgan fingerprint density at radius 1 is 0.818 bits per heavy atom. The molecule has 33 heavy (non-hydrogen) atoms. The molecule has 4 nitrogen and oxygen atoms in total. The predicted molar refractivity (Wildman–Crippen MR) is 137 cm³/mol. The predicted octanol–water partition coefficient (Wildman–Crippen LogP) is 6.93. The van der Waals surface area contributed by atoms with Gasteiger partial charge in [-0.25, -0.2) is 0 Å². The highest BCUT2D eigenvalue weighted by atomic mass is 16.1. The molecule has 0 aliphatic heterocycles. The van der Waals surface area contributed by atoms with Crippen LogP contribution in [-0.4, -0.2) is 15.8 Å². The summed E-state index contributed by atoms with van der Waals surface area (Å²) < 4.78 is 0. The minimum absolute atomic E-state index is 0.0351. The van der Waals surface area contributed by atoms with Gasteiger partial charge in [-0.3, -0.25) is 4.79 Å². The maximum atomic E-state index is 11.5. The quantitative estimate of drug-likeness (QED) is 0.244. The molecule has 0 saturated heterocycles. The first-order valence-electron chi connectivity index (χ1n) is 11.3. The number of H-pyrrole nitrogens is 2. The number of fused-ring (bicyclic) bond motifs is 2. The molecule has 0 aliphatic rings. The number of carbonyl (C=O) groups excluding carboxylic acids is 1. The molecule has 0 radical (unpaired) electrons. The number of para-hydroxylation sites is 3. The molecule has 3 N–H and O–H groups in total. The lowest BCUT2D eigenvalue weighted by atomic mass is 9.85. The minimum atomic E-state index is 0.0351. The van der Waals surface area contributed by atoms with Crippen molar-refractivity contribution < 1.29 is 4.79 Å². The Bertz CT molecular complexity index is 1400. The molecule has 0 fully saturated rings. The SMILES string of the molecule is CC(=O)/C=C(/C)Nc1ccccc1CC(c1c[nH]c2ccccc12)c1c[nH]c2ccccc12. The van der Waals surface area contributed by atoms with Crippen LogP contribution in [0.4, 0.5) is 5.69 Å². The Labute approximate surface area is 193 Å². The van der Waals surface area contributed by atoms with Crippen LogP contribution in [0.1, 0.15) is 36.5 Å². The molecule has 3 aromatic carbocycles. The molecule has 2 aromatic heterocycles. The summed E-state index contributed by atoms with van der Waals surface area (Å²) in [6, 6.07) is 25.3. The molecular formula is C29H27N3O. The second-order valence-corrected chi connectivity index (χ2v) is 8.56. The lowest BCUT2D eigenvalue weighted by Crippen LogP contribution is -2.08. The molecule has 0 amide bonds. The summed E-state index contributed by atoms with van der Waals surface area (Å²) in [5.74, 6) is 0.185. The number of allylic oxidation sites excluding steroid dienone is 2. The highest BCUT2D eigenvalue weighted by Gasteiger charge is 2.22. The van der Waals surface area contributed by atoms with Gasteiger partial charge in [0, 0.05) is 51.5 Å². The molecule has 164 valence electrons. The van der Waals surface area contributed by atoms with E-state index in [1.165, 1.54) is 27.5 Å². The number of anilines is 1. The molecule has 5 rings (SSSR count). The third-order valence-electron chi connectivity index (χ3n) is 6.19. The van der Waals surface area contributed by atoms with Crippen LogP contribution in [0.15, 0.2) is 97.0 Å². The number of benzene rings is 3. The number of hydrogen-bond acceptors (Lipinski definition) is 2. The molecule has 0 aliphatic carbocycles. The Hall–Kier alpha value is -4.05. The third kappa shape index (κ3) is 4.20. The van der Waals surface area contributed by atoms with Crippen molar-refractivity contribution >= 4 is 33.3 Å². The average molecular weight is 434 g/mol. The highest BCUT2D eigenvalue weighted by Crippen LogP contribution is 2.38. The normalized spacial score (nSPS) is 12.0. The lowest BCUT2D eigenvalue weighted by molar-refractivity contribution is -0.112. The summed E-state index contributed by atoms with van der Waals surface area (Å²) in [7, 11) is 0. The van der Waals surface area contributed by atoms with E-state index in [0.29, 0.717) is 0 Å². The number of aromatic nitrogens is 2. The molecule has 0 saturated carbocycles. The van der Waals surface area contributed by atoms with Gasteiger partial charge in [0.05, 0.1) is 0 Å². The number of carbonyl (C=O) groups is 1. The van der Waals surface area contributed by atoms with E-state index in [9.17, 15) is 4.79 Å². The summed E-state index contributed by atoms with van der Waals surface area (Å²) in [5, 5.41) is 5.92. The lowest BCUT2D eigenvalue weighted by Gasteiger charge is -2.20. The van der Waals surface area contributed by atoms with Crippen molar-refractivity contribution in [1.29, 1.82) is 0 Å². The van der Waals surface area contributed by atoms with Crippen molar-refractivity contribution in [2.45, 2.75) is 26.2 Å². The fraction of sp³-hybridized carbons (Fsp3) is 0.138. The third-order valence-corrected chi connectivity index (χ3v) is 6.19. The fourth-order valence-corrected chi connectivity index (χ4v) is 4.75. The van der Waals surface area contributed by atoms with Crippen LogP contribution < -0.4 is 5.32 Å². The van der Waals surface area contributed by atoms with Gasteiger partial charge < -0.3 is 15.3 Å². The van der Waals surface area contributed by atoms with Crippen LogP contribution in [-0.2, 0) is 11.2 Å². The molecule has 2 heterocycles. The first-order chi connectivity index (χ1) is 16.1. The average Bonchev–Trinajstić information content (AvgIpc) is 3.43. The Kier molecular flexibility index (Phi) is 5.57. The Morgan fingerprint density at radius 3 is 1.97 bits per heavy atom. The second-order valence-electron chi connectivity index (χ2n) is 8.56. The van der Waals surface area contributed by atoms with Gasteiger partial charge in [-0.15, -0.1) is 0 Å². The van der Waals surface area contributed by atoms with E-state index in [0.717, 1.165) is 28.8 Å². The van der Waals surface area contributed by atoms with Gasteiger partial charge in [-0.05, 0) is 61.2 Å². The molecule has 5 aromatic rings. The van der Waals surface area contributed by atoms with Gasteiger partial charge in [0.2, 0.25) is 0 Å². The minimum Gasteiger partial charge on any atom is -0.361 e. The van der Waals surface area contributed by atoms with Crippen molar-refractivity contribution in [1.82, 2.24) is 9.97 Å². The van der Waals surface area contributed by atoms with Crippen molar-refractivity contribution in [3.8, 4) is 0 Å². The molecule has 0 atom stereocenters. The number of aromatic amines is 2. The van der Waals surface area contributed by atoms with Crippen LogP contribution in [0, 0.1) is 0 Å². The molecular weight excluding hydrogens is 406 g/mol. The summed E-state index contributed by atoms with van der Waals surface area (Å²) in [6.07, 6.45) is 6.75. The molecule has 0 bridgehead atoms. The Balaban J connectivity index is 1.62. The second kappa shape index (κ2) is 8.83. The summed E-state index contributed by atoms with van der Waals surface area (Å²) in [5.41, 5.74) is 7.91. The number of nitrogens with one attached hydrogen (secondary N) is 3. The van der Waals surface area contributed by atoms with Gasteiger partial charge >= 0.3 is 0 Å². The molecule has 0 unspecified atom stereocenters. The first kappa shape index (κ1) is 20.8. The van der Waals surface area contributed by atoms with Crippen LogP contribution in [0.2, 0.25) is 0 Å². The van der Waals surface area contributed by atoms with Crippen LogP contribution in [0.5, 0.6) is 0 Å². The zero-order valence-corrected chi connectivity index (χ0v) is 18.9. The van der Waals surface area contributed by atoms with Crippen LogP contribution in [0.25, 0.3) is 21.8 Å². The standard InChI is InChI=1S/C29H27N3O/c1-19(15-20(2)33)32-27-12-6-3-9-21(27)16-24(25-17-30-28-13-7-4-10-22(25)28)26-18-31-29-14-8-5-11-23(26)29/h3-15,17-18,24,30-32H,16H2,1-2H3/b19-15-. The van der Waals surface area contributed by atoms with E-state index in [4.69, 9.17) is 0 Å². The largest absolute Gasteiger partial charge is 0.361 e. The molecule has 4 heteroatoms. The van der Waals surface area contributed by atoms with Gasteiger partial charge in [0.1, 0.15) is 0 Å². The number of ketones is 1. The summed E-state index contributed by atoms with van der Waals surface area (Å²) in [6.45, 7) is 3.50. The monoisotopic (exact) mass is 433 g/mol. The number of rotatable bonds is 7. The first-order valence-corrected chi connectivity index (χ1v) is 11.3. The van der Waals surface area contributed by atoms with Gasteiger partial charge in [0.15, 0.2) is 5.78 Å². The van der Waals surface area contributed by atoms with Crippen molar-refractivity contribution in [2.24, 2.45) is 0 Å². The van der Waals surface area contributed by atoms with Gasteiger partial charge in [-0.1, -0.05) is 54.6 Å². The topological polar surface area (TPSA) is 60.7 Å². The van der Waals surface area contributed by atoms with E-state index < -0.39 is 0 Å². The number of hydrogen-bond donors (Lipinski definition) is 3. The zero-order valence-electron chi connectivity index (χ0n) is 18.9. The van der Waals surface area contributed by atoms with E-state index >= 15 is 0 Å². The highest BCUT2D eigenvalue weighted by molar-refractivity contribution is 5.89. The van der Waals surface area contributed by atoms with Crippen LogP contribution in [0.3, 0.4) is 0 Å². The maximum Gasteiger partial charge on any atom is 0.154 e. The Morgan fingerprint density at radius 2 is 1.36 bits per heavy atom. The van der Waals surface area contributed by atoms with E-state index in [1.807, 2.05) is 13.0 Å². The van der Waals surface area contributed by atoms with Gasteiger partial charge in [0.25, 0.3) is 0 Å². The molecule has 0 spiro atoms. The van der Waals surface area contributed by atoms with E-state index in [1.54, 1.807) is 13.0 Å². The van der Waals surface area contributed by atoms with Crippen molar-refractivity contribution in [3.63, 3.8) is 0 Å². The maximum absolute atomic E-state index is 11.5. The van der Waals surface area contributed by atoms with E-state index in [2.05, 4.69) is 94.4 Å². The van der Waals surface area contributed by atoms with Gasteiger partial charge in [-0.2, -0.15) is 0 Å². The van der Waals surface area contributed by atoms with Crippen LogP contribution >= 0.6 is 0 Å².